The average molecular weight is 202 g/mol. The van der Waals surface area contributed by atoms with Gasteiger partial charge in [0.2, 0.25) is 0 Å². The molecule has 1 aliphatic heterocycles. The molecule has 0 aromatic rings. The van der Waals surface area contributed by atoms with Crippen LogP contribution in [-0.2, 0) is 9.47 Å². The lowest BCUT2D eigenvalue weighted by molar-refractivity contribution is -0.176. The molecule has 1 aliphatic rings. The van der Waals surface area contributed by atoms with Crippen LogP contribution in [0.1, 0.15) is 20.3 Å². The number of hydrogen-bond acceptors (Lipinski definition) is 4. The summed E-state index contributed by atoms with van der Waals surface area (Å²) < 4.78 is 10.8. The van der Waals surface area contributed by atoms with E-state index in [1.165, 1.54) is 0 Å². The lowest BCUT2D eigenvalue weighted by Crippen LogP contribution is -2.47. The van der Waals surface area contributed by atoms with Gasteiger partial charge >= 0.3 is 0 Å². The van der Waals surface area contributed by atoms with Gasteiger partial charge in [-0.05, 0) is 20.3 Å². The van der Waals surface area contributed by atoms with Crippen LogP contribution in [0.2, 0.25) is 0 Å². The van der Waals surface area contributed by atoms with E-state index in [1.807, 2.05) is 0 Å². The minimum absolute atomic E-state index is 0.285. The van der Waals surface area contributed by atoms with Gasteiger partial charge in [-0.25, -0.2) is 0 Å². The zero-order valence-corrected chi connectivity index (χ0v) is 8.69. The Morgan fingerprint density at radius 1 is 1.64 bits per heavy atom. The number of aliphatic hydroxyl groups excluding tert-OH is 1. The molecule has 1 rings (SSSR count). The van der Waals surface area contributed by atoms with Crippen molar-refractivity contribution < 1.29 is 19.7 Å². The van der Waals surface area contributed by atoms with Gasteiger partial charge < -0.3 is 19.7 Å². The van der Waals surface area contributed by atoms with Gasteiger partial charge in [-0.3, -0.25) is 0 Å². The monoisotopic (exact) mass is 202 g/mol. The first-order chi connectivity index (χ1) is 6.43. The molecule has 0 aliphatic carbocycles. The maximum absolute atomic E-state index is 10.0. The normalized spacial score (nSPS) is 29.9. The Labute approximate surface area is 84.1 Å². The summed E-state index contributed by atoms with van der Waals surface area (Å²) in [7, 11) is 0. The third-order valence-electron chi connectivity index (χ3n) is 2.38. The summed E-state index contributed by atoms with van der Waals surface area (Å²) in [5.74, 6) is -0.686. The molecule has 82 valence electrons. The second kappa shape index (κ2) is 3.98. The van der Waals surface area contributed by atoms with Crippen molar-refractivity contribution in [3.8, 4) is 0 Å². The van der Waals surface area contributed by atoms with Crippen LogP contribution in [-0.4, -0.2) is 40.9 Å². The zero-order chi connectivity index (χ0) is 10.8. The van der Waals surface area contributed by atoms with Gasteiger partial charge in [0, 0.05) is 0 Å². The zero-order valence-electron chi connectivity index (χ0n) is 8.69. The van der Waals surface area contributed by atoms with E-state index in [2.05, 4.69) is 6.58 Å². The van der Waals surface area contributed by atoms with Crippen LogP contribution in [0.25, 0.3) is 0 Å². The van der Waals surface area contributed by atoms with Crippen molar-refractivity contribution >= 4 is 0 Å². The highest BCUT2D eigenvalue weighted by molar-refractivity contribution is 4.95. The van der Waals surface area contributed by atoms with Crippen molar-refractivity contribution in [3.05, 3.63) is 12.7 Å². The Morgan fingerprint density at radius 3 is 2.64 bits per heavy atom. The van der Waals surface area contributed by atoms with E-state index in [1.54, 1.807) is 19.9 Å². The highest BCUT2D eigenvalue weighted by Crippen LogP contribution is 2.30. The first-order valence-corrected chi connectivity index (χ1v) is 4.69. The number of rotatable bonds is 4. The van der Waals surface area contributed by atoms with Crippen LogP contribution >= 0.6 is 0 Å². The Hall–Kier alpha value is -0.420. The van der Waals surface area contributed by atoms with Gasteiger partial charge in [0.25, 0.3) is 0 Å². The molecule has 0 bridgehead atoms. The summed E-state index contributed by atoms with van der Waals surface area (Å²) in [6.45, 7) is 7.02. The maximum Gasteiger partial charge on any atom is 0.163 e. The smallest absolute Gasteiger partial charge is 0.163 e. The largest absolute Gasteiger partial charge is 0.393 e. The Kier molecular flexibility index (Phi) is 3.32. The molecule has 0 aromatic heterocycles. The molecule has 0 spiro atoms. The van der Waals surface area contributed by atoms with Crippen LogP contribution in [0.5, 0.6) is 0 Å². The Balaban J connectivity index is 2.67. The average Bonchev–Trinajstić information content (AvgIpc) is 2.47. The van der Waals surface area contributed by atoms with Gasteiger partial charge in [-0.2, -0.15) is 0 Å². The van der Waals surface area contributed by atoms with E-state index in [4.69, 9.17) is 14.6 Å². The molecule has 0 saturated carbocycles. The topological polar surface area (TPSA) is 58.9 Å². The second-order valence-electron chi connectivity index (χ2n) is 4.07. The molecule has 2 N–H and O–H groups in total. The van der Waals surface area contributed by atoms with Crippen molar-refractivity contribution in [3.63, 3.8) is 0 Å². The molecule has 4 nitrogen and oxygen atoms in total. The van der Waals surface area contributed by atoms with Crippen molar-refractivity contribution in [2.45, 2.75) is 37.8 Å². The molecule has 1 heterocycles. The summed E-state index contributed by atoms with van der Waals surface area (Å²) in [4.78, 5) is 0. The van der Waals surface area contributed by atoms with Crippen LogP contribution < -0.4 is 0 Å². The van der Waals surface area contributed by atoms with Crippen LogP contribution in [0.3, 0.4) is 0 Å². The lowest BCUT2D eigenvalue weighted by atomic mass is 9.94. The van der Waals surface area contributed by atoms with Crippen LogP contribution in [0.4, 0.5) is 0 Å². The molecular weight excluding hydrogens is 184 g/mol. The highest BCUT2D eigenvalue weighted by atomic mass is 16.7. The summed E-state index contributed by atoms with van der Waals surface area (Å²) in [5.41, 5.74) is -1.28. The number of ether oxygens (including phenoxy) is 2. The fraction of sp³-hybridized carbons (Fsp3) is 0.800. The number of hydrogen-bond donors (Lipinski definition) is 2. The fourth-order valence-corrected chi connectivity index (χ4v) is 1.50. The Bertz CT molecular complexity index is 214. The summed E-state index contributed by atoms with van der Waals surface area (Å²) >= 11 is 0. The van der Waals surface area contributed by atoms with Crippen LogP contribution in [0, 0.1) is 0 Å². The summed E-state index contributed by atoms with van der Waals surface area (Å²) in [5, 5.41) is 19.1. The summed E-state index contributed by atoms with van der Waals surface area (Å²) in [6.07, 6.45) is 1.35. The molecule has 14 heavy (non-hydrogen) atoms. The molecule has 0 amide bonds. The van der Waals surface area contributed by atoms with E-state index < -0.39 is 17.5 Å². The van der Waals surface area contributed by atoms with Crippen molar-refractivity contribution in [1.82, 2.24) is 0 Å². The SMILES string of the molecule is C=CC[C@@](O)(CO)[C@@H]1COC(C)(C)O1. The quantitative estimate of drug-likeness (QED) is 0.649. The maximum atomic E-state index is 10.0. The standard InChI is InChI=1S/C10H18O4/c1-4-5-10(12,7-11)8-6-13-9(2,3)14-8/h4,8,11-12H,1,5-7H2,2-3H3/t8-,10+/m0/s1. The third-order valence-corrected chi connectivity index (χ3v) is 2.38. The molecule has 4 heteroatoms. The first kappa shape index (κ1) is 11.7. The molecule has 0 radical (unpaired) electrons. The van der Waals surface area contributed by atoms with E-state index in [-0.39, 0.29) is 19.6 Å². The third kappa shape index (κ3) is 2.33. The van der Waals surface area contributed by atoms with Crippen molar-refractivity contribution in [2.24, 2.45) is 0 Å². The lowest BCUT2D eigenvalue weighted by Gasteiger charge is -2.30. The van der Waals surface area contributed by atoms with E-state index in [0.717, 1.165) is 0 Å². The minimum atomic E-state index is -1.28. The molecule has 1 saturated heterocycles. The van der Waals surface area contributed by atoms with E-state index >= 15 is 0 Å². The van der Waals surface area contributed by atoms with Crippen molar-refractivity contribution in [2.75, 3.05) is 13.2 Å². The van der Waals surface area contributed by atoms with Crippen molar-refractivity contribution in [1.29, 1.82) is 0 Å². The highest BCUT2D eigenvalue weighted by Gasteiger charge is 2.45. The van der Waals surface area contributed by atoms with E-state index in [9.17, 15) is 5.11 Å². The predicted octanol–water partition coefficient (Wildman–Crippen LogP) is 0.437. The Morgan fingerprint density at radius 2 is 2.29 bits per heavy atom. The minimum Gasteiger partial charge on any atom is -0.393 e. The van der Waals surface area contributed by atoms with Gasteiger partial charge in [0.1, 0.15) is 11.7 Å². The van der Waals surface area contributed by atoms with Gasteiger partial charge in [-0.1, -0.05) is 6.08 Å². The van der Waals surface area contributed by atoms with Gasteiger partial charge in [0.05, 0.1) is 13.2 Å². The fourth-order valence-electron chi connectivity index (χ4n) is 1.50. The van der Waals surface area contributed by atoms with Gasteiger partial charge in [0.15, 0.2) is 5.79 Å². The molecule has 1 fully saturated rings. The van der Waals surface area contributed by atoms with E-state index in [0.29, 0.717) is 0 Å². The van der Waals surface area contributed by atoms with Gasteiger partial charge in [-0.15, -0.1) is 6.58 Å². The predicted molar refractivity (Wildman–Crippen MR) is 51.8 cm³/mol. The summed E-state index contributed by atoms with van der Waals surface area (Å²) in [6, 6.07) is 0. The number of aliphatic hydroxyl groups is 2. The molecule has 0 aromatic carbocycles. The molecular formula is C10H18O4. The second-order valence-corrected chi connectivity index (χ2v) is 4.07. The van der Waals surface area contributed by atoms with Crippen LogP contribution in [0.15, 0.2) is 12.7 Å². The molecule has 2 atom stereocenters. The molecule has 0 unspecified atom stereocenters. The first-order valence-electron chi connectivity index (χ1n) is 4.69.